The van der Waals surface area contributed by atoms with Gasteiger partial charge in [0.15, 0.2) is 0 Å². The van der Waals surface area contributed by atoms with Crippen LogP contribution in [-0.4, -0.2) is 0 Å². The van der Waals surface area contributed by atoms with E-state index in [1.54, 1.807) is 0 Å². The second-order valence-electron chi connectivity index (χ2n) is 9.01. The fraction of sp³-hybridized carbons (Fsp3) is 0.250. The molecule has 0 atom stereocenters. The Morgan fingerprint density at radius 1 is 0.594 bits per heavy atom. The van der Waals surface area contributed by atoms with Crippen molar-refractivity contribution in [3.8, 4) is 11.1 Å². The number of benzene rings is 5. The molecule has 32 heavy (non-hydrogen) atoms. The maximum atomic E-state index is 3.67. The van der Waals surface area contributed by atoms with Crippen molar-refractivity contribution in [3.63, 3.8) is 0 Å². The number of hydrogen-bond acceptors (Lipinski definition) is 0. The van der Waals surface area contributed by atoms with Crippen LogP contribution in [-0.2, 0) is 6.42 Å². The zero-order valence-corrected chi connectivity index (χ0v) is 19.0. The Labute approximate surface area is 191 Å². The lowest BCUT2D eigenvalue weighted by atomic mass is 9.89. The molecule has 0 saturated carbocycles. The Kier molecular flexibility index (Phi) is 6.21. The van der Waals surface area contributed by atoms with Crippen LogP contribution in [0.1, 0.15) is 51.0 Å². The Morgan fingerprint density at radius 3 is 2.25 bits per heavy atom. The van der Waals surface area contributed by atoms with E-state index < -0.39 is 0 Å². The summed E-state index contributed by atoms with van der Waals surface area (Å²) in [6, 6.07) is 34.9. The molecule has 1 radical (unpaired) electrons. The van der Waals surface area contributed by atoms with Crippen molar-refractivity contribution in [3.05, 3.63) is 96.6 Å². The monoisotopic (exact) mass is 415 g/mol. The number of hydrogen-bond donors (Lipinski definition) is 0. The fourth-order valence-electron chi connectivity index (χ4n) is 4.93. The predicted octanol–water partition coefficient (Wildman–Crippen LogP) is 9.52. The second kappa shape index (κ2) is 9.57. The van der Waals surface area contributed by atoms with Crippen LogP contribution in [0.4, 0.5) is 0 Å². The highest BCUT2D eigenvalue weighted by Gasteiger charge is 2.11. The van der Waals surface area contributed by atoms with Gasteiger partial charge in [0.1, 0.15) is 0 Å². The first-order chi connectivity index (χ1) is 15.8. The minimum Gasteiger partial charge on any atom is -0.0654 e. The Morgan fingerprint density at radius 2 is 1.34 bits per heavy atom. The molecule has 0 aliphatic rings. The summed E-state index contributed by atoms with van der Waals surface area (Å²) in [6.45, 7) is 2.28. The topological polar surface area (TPSA) is 0 Å². The Balaban J connectivity index is 1.57. The molecular formula is C32H31. The normalized spacial score (nSPS) is 11.5. The highest BCUT2D eigenvalue weighted by atomic mass is 14.1. The molecule has 0 heterocycles. The zero-order chi connectivity index (χ0) is 21.8. The van der Waals surface area contributed by atoms with E-state index in [1.165, 1.54) is 87.5 Å². The summed E-state index contributed by atoms with van der Waals surface area (Å²) >= 11 is 0. The maximum absolute atomic E-state index is 3.67. The third kappa shape index (κ3) is 4.28. The molecule has 5 rings (SSSR count). The predicted molar refractivity (Wildman–Crippen MR) is 140 cm³/mol. The highest BCUT2D eigenvalue weighted by molar-refractivity contribution is 6.13. The number of rotatable bonds is 8. The fourth-order valence-corrected chi connectivity index (χ4v) is 4.93. The first-order valence-corrected chi connectivity index (χ1v) is 12.2. The summed E-state index contributed by atoms with van der Waals surface area (Å²) in [5.41, 5.74) is 4.07. The van der Waals surface area contributed by atoms with Gasteiger partial charge >= 0.3 is 0 Å². The lowest BCUT2D eigenvalue weighted by Crippen LogP contribution is -1.90. The number of fused-ring (bicyclic) bond motifs is 3. The Hall–Kier alpha value is -3.12. The molecule has 0 aliphatic heterocycles. The van der Waals surface area contributed by atoms with Gasteiger partial charge in [-0.15, -0.1) is 0 Å². The van der Waals surface area contributed by atoms with E-state index >= 15 is 0 Å². The summed E-state index contributed by atoms with van der Waals surface area (Å²) < 4.78 is 0. The quantitative estimate of drug-likeness (QED) is 0.175. The van der Waals surface area contributed by atoms with Crippen LogP contribution in [0.25, 0.3) is 43.4 Å². The van der Waals surface area contributed by atoms with Gasteiger partial charge in [0.2, 0.25) is 0 Å². The Bertz CT molecular complexity index is 1360. The lowest BCUT2D eigenvalue weighted by Gasteiger charge is -2.14. The molecule has 0 aliphatic carbocycles. The third-order valence-electron chi connectivity index (χ3n) is 6.68. The van der Waals surface area contributed by atoms with E-state index in [2.05, 4.69) is 97.9 Å². The summed E-state index contributed by atoms with van der Waals surface area (Å²) in [7, 11) is 0. The van der Waals surface area contributed by atoms with E-state index in [-0.39, 0.29) is 0 Å². The molecule has 5 aromatic carbocycles. The molecule has 0 unspecified atom stereocenters. The second-order valence-corrected chi connectivity index (χ2v) is 9.01. The van der Waals surface area contributed by atoms with Crippen molar-refractivity contribution in [2.45, 2.75) is 51.9 Å². The zero-order valence-electron chi connectivity index (χ0n) is 19.0. The number of unbranched alkanes of at least 4 members (excludes halogenated alkanes) is 5. The molecular weight excluding hydrogens is 384 g/mol. The van der Waals surface area contributed by atoms with E-state index in [9.17, 15) is 0 Å². The first-order valence-electron chi connectivity index (χ1n) is 12.2. The smallest absolute Gasteiger partial charge is 0.00139 e. The molecule has 0 fully saturated rings. The van der Waals surface area contributed by atoms with Crippen LogP contribution in [0.5, 0.6) is 0 Å². The SMILES string of the molecule is CCCCCCCCc1ccc2[c]c3ccccc3c(-c3ccc4ccccc4c3)c2c1. The minimum absolute atomic E-state index is 1.16. The third-order valence-corrected chi connectivity index (χ3v) is 6.68. The first kappa shape index (κ1) is 20.8. The van der Waals surface area contributed by atoms with Crippen molar-refractivity contribution in [2.24, 2.45) is 0 Å². The van der Waals surface area contributed by atoms with Crippen molar-refractivity contribution in [1.82, 2.24) is 0 Å². The molecule has 0 bridgehead atoms. The summed E-state index contributed by atoms with van der Waals surface area (Å²) in [5, 5.41) is 7.58. The largest absolute Gasteiger partial charge is 0.0654 e. The van der Waals surface area contributed by atoms with Crippen LogP contribution in [0.3, 0.4) is 0 Å². The van der Waals surface area contributed by atoms with Crippen LogP contribution in [0.15, 0.2) is 84.9 Å². The standard InChI is InChI=1S/C32H31/c1-2-3-4-5-6-7-12-24-17-18-28-23-27-15-10-11-16-30(27)32(31(28)21-24)29-20-19-25-13-8-9-14-26(25)22-29/h8-11,13-22H,2-7,12H2,1H3. The average Bonchev–Trinajstić information content (AvgIpc) is 2.84. The van der Waals surface area contributed by atoms with E-state index in [4.69, 9.17) is 0 Å². The van der Waals surface area contributed by atoms with Crippen LogP contribution in [0, 0.1) is 6.07 Å². The lowest BCUT2D eigenvalue weighted by molar-refractivity contribution is 0.607. The molecule has 5 aromatic rings. The van der Waals surface area contributed by atoms with Gasteiger partial charge in [-0.05, 0) is 74.0 Å². The van der Waals surface area contributed by atoms with Gasteiger partial charge in [0.05, 0.1) is 0 Å². The van der Waals surface area contributed by atoms with E-state index in [1.807, 2.05) is 0 Å². The van der Waals surface area contributed by atoms with Gasteiger partial charge < -0.3 is 0 Å². The molecule has 0 spiro atoms. The summed E-state index contributed by atoms with van der Waals surface area (Å²) in [5.74, 6) is 0. The van der Waals surface area contributed by atoms with Crippen LogP contribution < -0.4 is 0 Å². The van der Waals surface area contributed by atoms with Gasteiger partial charge in [0.25, 0.3) is 0 Å². The molecule has 0 aromatic heterocycles. The van der Waals surface area contributed by atoms with Crippen molar-refractivity contribution in [1.29, 1.82) is 0 Å². The van der Waals surface area contributed by atoms with Crippen LogP contribution in [0.2, 0.25) is 0 Å². The van der Waals surface area contributed by atoms with Crippen LogP contribution >= 0.6 is 0 Å². The van der Waals surface area contributed by atoms with Crippen molar-refractivity contribution in [2.75, 3.05) is 0 Å². The molecule has 0 saturated heterocycles. The summed E-state index contributed by atoms with van der Waals surface area (Å²) in [6.07, 6.45) is 9.19. The summed E-state index contributed by atoms with van der Waals surface area (Å²) in [4.78, 5) is 0. The maximum Gasteiger partial charge on any atom is -0.00139 e. The minimum atomic E-state index is 1.16. The van der Waals surface area contributed by atoms with E-state index in [0.717, 1.165) is 6.42 Å². The molecule has 0 nitrogen and oxygen atoms in total. The van der Waals surface area contributed by atoms with Gasteiger partial charge in [-0.25, -0.2) is 0 Å². The molecule has 0 heteroatoms. The average molecular weight is 416 g/mol. The van der Waals surface area contributed by atoms with Gasteiger partial charge in [-0.1, -0.05) is 118 Å². The van der Waals surface area contributed by atoms with Crippen molar-refractivity contribution < 1.29 is 0 Å². The molecule has 0 N–H and O–H groups in total. The number of aryl methyl sites for hydroxylation is 1. The van der Waals surface area contributed by atoms with E-state index in [0.29, 0.717) is 0 Å². The van der Waals surface area contributed by atoms with Gasteiger partial charge in [-0.3, -0.25) is 0 Å². The highest BCUT2D eigenvalue weighted by Crippen LogP contribution is 2.37. The van der Waals surface area contributed by atoms with Crippen molar-refractivity contribution >= 4 is 32.3 Å². The van der Waals surface area contributed by atoms with Gasteiger partial charge in [-0.2, -0.15) is 0 Å². The molecule has 159 valence electrons. The molecule has 0 amide bonds. The van der Waals surface area contributed by atoms with Gasteiger partial charge in [0, 0.05) is 0 Å².